The SMILES string of the molecule is COC1C(OC(=O)C=Cc2ccc(N(C)C)cc2)CCC(O)(CCl)C1C(CC1OC1C)C(C)C. The molecule has 2 aliphatic rings. The second-order valence-electron chi connectivity index (χ2n) is 10.3. The van der Waals surface area contributed by atoms with Gasteiger partial charge in [0.2, 0.25) is 0 Å². The van der Waals surface area contributed by atoms with E-state index >= 15 is 0 Å². The van der Waals surface area contributed by atoms with Crippen LogP contribution in [0.3, 0.4) is 0 Å². The molecular weight excluding hydrogens is 454 g/mol. The first kappa shape index (κ1) is 27.0. The molecule has 1 aromatic carbocycles. The van der Waals surface area contributed by atoms with Crippen LogP contribution < -0.4 is 4.90 Å². The summed E-state index contributed by atoms with van der Waals surface area (Å²) in [6.45, 7) is 6.37. The molecule has 34 heavy (non-hydrogen) atoms. The fourth-order valence-electron chi connectivity index (χ4n) is 5.30. The topological polar surface area (TPSA) is 71.5 Å². The monoisotopic (exact) mass is 493 g/mol. The van der Waals surface area contributed by atoms with Crippen LogP contribution >= 0.6 is 11.6 Å². The molecule has 1 saturated carbocycles. The standard InChI is InChI=1S/C27H40ClNO5/c1-17(2)21(15-23-18(3)33-23)25-26(32-6)22(13-14-27(25,31)16-28)34-24(30)12-9-19-7-10-20(11-8-19)29(4)5/h7-12,17-18,21-23,25-26,31H,13-16H2,1-6H3. The van der Waals surface area contributed by atoms with Crippen LogP contribution in [0.5, 0.6) is 0 Å². The predicted molar refractivity (Wildman–Crippen MR) is 136 cm³/mol. The normalized spacial score (nSPS) is 32.1. The van der Waals surface area contributed by atoms with Crippen molar-refractivity contribution < 1.29 is 24.1 Å². The molecule has 7 atom stereocenters. The zero-order valence-electron chi connectivity index (χ0n) is 21.2. The molecule has 3 rings (SSSR count). The van der Waals surface area contributed by atoms with E-state index in [0.717, 1.165) is 17.7 Å². The Labute approximate surface area is 209 Å². The van der Waals surface area contributed by atoms with Crippen molar-refractivity contribution in [2.75, 3.05) is 32.0 Å². The number of esters is 1. The third-order valence-corrected chi connectivity index (χ3v) is 7.92. The van der Waals surface area contributed by atoms with Gasteiger partial charge in [-0.1, -0.05) is 26.0 Å². The lowest BCUT2D eigenvalue weighted by Crippen LogP contribution is -2.59. The van der Waals surface area contributed by atoms with E-state index in [1.165, 1.54) is 6.08 Å². The van der Waals surface area contributed by atoms with Crippen LogP contribution in [0, 0.1) is 17.8 Å². The number of methoxy groups -OCH3 is 1. The Morgan fingerprint density at radius 1 is 1.32 bits per heavy atom. The maximum atomic E-state index is 12.7. The van der Waals surface area contributed by atoms with E-state index < -0.39 is 23.8 Å². The number of halogens is 1. The highest BCUT2D eigenvalue weighted by atomic mass is 35.5. The molecular formula is C27H40ClNO5. The molecule has 1 aliphatic carbocycles. The molecule has 1 heterocycles. The van der Waals surface area contributed by atoms with Gasteiger partial charge in [-0.25, -0.2) is 4.79 Å². The minimum atomic E-state index is -1.08. The second-order valence-corrected chi connectivity index (χ2v) is 10.6. The Morgan fingerprint density at radius 2 is 1.97 bits per heavy atom. The molecule has 1 aliphatic heterocycles. The van der Waals surface area contributed by atoms with E-state index in [4.69, 9.17) is 25.8 Å². The molecule has 1 saturated heterocycles. The van der Waals surface area contributed by atoms with Crippen molar-refractivity contribution in [1.82, 2.24) is 0 Å². The molecule has 0 spiro atoms. The van der Waals surface area contributed by atoms with E-state index in [1.54, 1.807) is 13.2 Å². The summed E-state index contributed by atoms with van der Waals surface area (Å²) >= 11 is 6.31. The Bertz CT molecular complexity index is 842. The van der Waals surface area contributed by atoms with Gasteiger partial charge in [0.05, 0.1) is 29.8 Å². The molecule has 0 amide bonds. The Hall–Kier alpha value is -1.60. The van der Waals surface area contributed by atoms with Gasteiger partial charge in [-0.2, -0.15) is 0 Å². The Balaban J connectivity index is 1.74. The number of hydrogen-bond acceptors (Lipinski definition) is 6. The van der Waals surface area contributed by atoms with E-state index in [9.17, 15) is 9.90 Å². The summed E-state index contributed by atoms with van der Waals surface area (Å²) < 4.78 is 17.5. The van der Waals surface area contributed by atoms with Crippen LogP contribution in [-0.4, -0.2) is 68.2 Å². The number of carbonyl (C=O) groups excluding carboxylic acids is 1. The summed E-state index contributed by atoms with van der Waals surface area (Å²) in [5.41, 5.74) is 0.929. The quantitative estimate of drug-likeness (QED) is 0.223. The predicted octanol–water partition coefficient (Wildman–Crippen LogP) is 4.52. The summed E-state index contributed by atoms with van der Waals surface area (Å²) in [6.07, 6.45) is 4.51. The molecule has 0 aromatic heterocycles. The summed E-state index contributed by atoms with van der Waals surface area (Å²) in [6, 6.07) is 7.92. The van der Waals surface area contributed by atoms with Gasteiger partial charge in [-0.05, 0) is 61.8 Å². The van der Waals surface area contributed by atoms with Gasteiger partial charge in [-0.3, -0.25) is 0 Å². The summed E-state index contributed by atoms with van der Waals surface area (Å²) in [5, 5.41) is 11.5. The van der Waals surface area contributed by atoms with Gasteiger partial charge < -0.3 is 24.2 Å². The molecule has 7 heteroatoms. The minimum Gasteiger partial charge on any atom is -0.456 e. The number of rotatable bonds is 10. The first-order chi connectivity index (χ1) is 16.1. The molecule has 0 bridgehead atoms. The average Bonchev–Trinajstić information content (AvgIpc) is 3.51. The van der Waals surface area contributed by atoms with Gasteiger partial charge in [-0.15, -0.1) is 11.6 Å². The number of aliphatic hydroxyl groups is 1. The minimum absolute atomic E-state index is 0.116. The van der Waals surface area contributed by atoms with Crippen LogP contribution in [0.25, 0.3) is 6.08 Å². The van der Waals surface area contributed by atoms with Crippen LogP contribution in [0.2, 0.25) is 0 Å². The zero-order valence-corrected chi connectivity index (χ0v) is 22.0. The first-order valence-corrected chi connectivity index (χ1v) is 12.8. The van der Waals surface area contributed by atoms with Crippen molar-refractivity contribution in [3.05, 3.63) is 35.9 Å². The highest BCUT2D eigenvalue weighted by Gasteiger charge is 2.54. The number of anilines is 1. The van der Waals surface area contributed by atoms with E-state index in [-0.39, 0.29) is 35.8 Å². The number of hydrogen-bond donors (Lipinski definition) is 1. The molecule has 6 nitrogen and oxygen atoms in total. The number of benzene rings is 1. The van der Waals surface area contributed by atoms with Crippen LogP contribution in [0.4, 0.5) is 5.69 Å². The second kappa shape index (κ2) is 11.4. The highest BCUT2D eigenvalue weighted by Crippen LogP contribution is 2.47. The number of alkyl halides is 1. The van der Waals surface area contributed by atoms with E-state index in [2.05, 4.69) is 20.8 Å². The average molecular weight is 494 g/mol. The lowest BCUT2D eigenvalue weighted by Gasteiger charge is -2.50. The summed E-state index contributed by atoms with van der Waals surface area (Å²) in [7, 11) is 5.59. The van der Waals surface area contributed by atoms with Crippen LogP contribution in [-0.2, 0) is 19.0 Å². The van der Waals surface area contributed by atoms with Crippen molar-refractivity contribution in [3.8, 4) is 0 Å². The molecule has 190 valence electrons. The Kier molecular flexibility index (Phi) is 9.07. The van der Waals surface area contributed by atoms with Gasteiger partial charge in [0.15, 0.2) is 0 Å². The van der Waals surface area contributed by atoms with E-state index in [1.807, 2.05) is 43.3 Å². The largest absolute Gasteiger partial charge is 0.456 e. The van der Waals surface area contributed by atoms with Gasteiger partial charge >= 0.3 is 5.97 Å². The van der Waals surface area contributed by atoms with Crippen LogP contribution in [0.15, 0.2) is 30.3 Å². The number of ether oxygens (including phenoxy) is 3. The third kappa shape index (κ3) is 6.34. The number of nitrogens with zero attached hydrogens (tertiary/aromatic N) is 1. The smallest absolute Gasteiger partial charge is 0.331 e. The lowest BCUT2D eigenvalue weighted by molar-refractivity contribution is -0.192. The van der Waals surface area contributed by atoms with Gasteiger partial charge in [0, 0.05) is 38.9 Å². The fraction of sp³-hybridized carbons (Fsp3) is 0.667. The van der Waals surface area contributed by atoms with Gasteiger partial charge in [0.25, 0.3) is 0 Å². The maximum absolute atomic E-state index is 12.7. The number of epoxide rings is 1. The van der Waals surface area contributed by atoms with E-state index in [0.29, 0.717) is 12.8 Å². The molecule has 1 N–H and O–H groups in total. The van der Waals surface area contributed by atoms with Crippen molar-refractivity contribution >= 4 is 29.3 Å². The summed E-state index contributed by atoms with van der Waals surface area (Å²) in [4.78, 5) is 14.7. The molecule has 2 fully saturated rings. The van der Waals surface area contributed by atoms with Gasteiger partial charge in [0.1, 0.15) is 6.10 Å². The Morgan fingerprint density at radius 3 is 2.47 bits per heavy atom. The number of carbonyl (C=O) groups is 1. The fourth-order valence-corrected chi connectivity index (χ4v) is 5.61. The molecule has 1 aromatic rings. The third-order valence-electron chi connectivity index (χ3n) is 7.45. The molecule has 0 radical (unpaired) electrons. The lowest BCUT2D eigenvalue weighted by atomic mass is 9.63. The summed E-state index contributed by atoms with van der Waals surface area (Å²) in [5.74, 6) is -0.158. The van der Waals surface area contributed by atoms with Crippen LogP contribution in [0.1, 0.15) is 45.6 Å². The van der Waals surface area contributed by atoms with Crippen molar-refractivity contribution in [3.63, 3.8) is 0 Å². The maximum Gasteiger partial charge on any atom is 0.331 e. The van der Waals surface area contributed by atoms with Crippen molar-refractivity contribution in [2.45, 2.75) is 70.1 Å². The highest BCUT2D eigenvalue weighted by molar-refractivity contribution is 6.18. The zero-order chi connectivity index (χ0) is 25.0. The van der Waals surface area contributed by atoms with Crippen molar-refractivity contribution in [2.24, 2.45) is 17.8 Å². The van der Waals surface area contributed by atoms with Crippen molar-refractivity contribution in [1.29, 1.82) is 0 Å². The molecule has 7 unspecified atom stereocenters. The first-order valence-electron chi connectivity index (χ1n) is 12.2.